The normalized spacial score (nSPS) is 15.4. The zero-order chi connectivity index (χ0) is 21.6. The second-order valence-electron chi connectivity index (χ2n) is 6.89. The number of hydrogen-bond acceptors (Lipinski definition) is 3. The van der Waals surface area contributed by atoms with Gasteiger partial charge in [-0.15, -0.1) is 0 Å². The largest absolute Gasteiger partial charge is 0.446 e. The monoisotopic (exact) mass is 434 g/mol. The van der Waals surface area contributed by atoms with Crippen molar-refractivity contribution in [2.24, 2.45) is 0 Å². The Morgan fingerprint density at radius 2 is 1.63 bits per heavy atom. The van der Waals surface area contributed by atoms with Crippen LogP contribution in [0.1, 0.15) is 28.8 Å². The van der Waals surface area contributed by atoms with Crippen LogP contribution in [-0.4, -0.2) is 41.4 Å². The number of hydrogen-bond donors (Lipinski definition) is 1. The highest BCUT2D eigenvalue weighted by Crippen LogP contribution is 2.36. The molecular formula is C22H21F3N2O2S. The van der Waals surface area contributed by atoms with Gasteiger partial charge < -0.3 is 10.2 Å². The summed E-state index contributed by atoms with van der Waals surface area (Å²) in [5.41, 5.74) is -3.06. The zero-order valence-electron chi connectivity index (χ0n) is 16.1. The van der Waals surface area contributed by atoms with Crippen molar-refractivity contribution in [1.82, 2.24) is 10.2 Å². The molecule has 0 bridgehead atoms. The molecule has 0 unspecified atom stereocenters. The van der Waals surface area contributed by atoms with E-state index in [1.54, 1.807) is 35.2 Å². The molecule has 2 aromatic rings. The molecule has 0 radical (unpaired) electrons. The van der Waals surface area contributed by atoms with E-state index < -0.39 is 5.51 Å². The molecule has 2 aromatic carbocycles. The molecule has 4 nitrogen and oxygen atoms in total. The van der Waals surface area contributed by atoms with E-state index in [0.29, 0.717) is 37.1 Å². The molecule has 1 N–H and O–H groups in total. The number of thioether (sulfide) groups is 1. The van der Waals surface area contributed by atoms with E-state index in [-0.39, 0.29) is 34.5 Å². The molecule has 1 aliphatic heterocycles. The van der Waals surface area contributed by atoms with Crippen molar-refractivity contribution in [1.29, 1.82) is 0 Å². The van der Waals surface area contributed by atoms with Gasteiger partial charge in [0.05, 0.1) is 0 Å². The summed E-state index contributed by atoms with van der Waals surface area (Å²) in [6.45, 7) is 1.06. The van der Waals surface area contributed by atoms with Crippen LogP contribution >= 0.6 is 11.8 Å². The maximum Gasteiger partial charge on any atom is 0.446 e. The Morgan fingerprint density at radius 1 is 1.00 bits per heavy atom. The Morgan fingerprint density at radius 3 is 2.23 bits per heavy atom. The zero-order valence-corrected chi connectivity index (χ0v) is 16.9. The summed E-state index contributed by atoms with van der Waals surface area (Å²) in [5.74, 6) is -0.274. The van der Waals surface area contributed by atoms with Crippen molar-refractivity contribution in [3.05, 3.63) is 71.8 Å². The van der Waals surface area contributed by atoms with E-state index >= 15 is 0 Å². The molecule has 0 atom stereocenters. The van der Waals surface area contributed by atoms with Gasteiger partial charge in [0.2, 0.25) is 5.91 Å². The summed E-state index contributed by atoms with van der Waals surface area (Å²) in [7, 11) is 0. The van der Waals surface area contributed by atoms with Crippen LogP contribution in [0.2, 0.25) is 0 Å². The lowest BCUT2D eigenvalue weighted by molar-refractivity contribution is -0.127. The Bertz CT molecular complexity index is 891. The van der Waals surface area contributed by atoms with E-state index in [0.717, 1.165) is 0 Å². The van der Waals surface area contributed by atoms with Gasteiger partial charge in [0.15, 0.2) is 0 Å². The van der Waals surface area contributed by atoms with Crippen molar-refractivity contribution in [3.8, 4) is 0 Å². The summed E-state index contributed by atoms with van der Waals surface area (Å²) in [6.07, 6.45) is 4.35. The highest BCUT2D eigenvalue weighted by atomic mass is 32.2. The van der Waals surface area contributed by atoms with E-state index in [1.807, 2.05) is 18.2 Å². The molecule has 1 fully saturated rings. The van der Waals surface area contributed by atoms with Gasteiger partial charge >= 0.3 is 5.51 Å². The Balaban J connectivity index is 1.46. The standard InChI is InChI=1S/C22H21F3N2O2S/c23-22(24,25)30-19-9-6-16(7-10-19)8-11-20(28)27-14-12-18(13-15-27)26-21(29)17-4-2-1-3-5-17/h1-11,18H,12-15H2,(H,26,29)/b11-8+. The highest BCUT2D eigenvalue weighted by Gasteiger charge is 2.29. The van der Waals surface area contributed by atoms with E-state index in [9.17, 15) is 22.8 Å². The molecule has 3 rings (SSSR count). The minimum Gasteiger partial charge on any atom is -0.349 e. The van der Waals surface area contributed by atoms with Crippen LogP contribution in [0.15, 0.2) is 65.6 Å². The quantitative estimate of drug-likeness (QED) is 0.547. The predicted molar refractivity (Wildman–Crippen MR) is 111 cm³/mol. The third-order valence-corrected chi connectivity index (χ3v) is 5.45. The number of benzene rings is 2. The number of amides is 2. The molecule has 2 amide bonds. The molecule has 0 aromatic heterocycles. The molecule has 0 spiro atoms. The lowest BCUT2D eigenvalue weighted by atomic mass is 10.0. The van der Waals surface area contributed by atoms with Gasteiger partial charge in [0.1, 0.15) is 0 Å². The summed E-state index contributed by atoms with van der Waals surface area (Å²) >= 11 is -0.170. The van der Waals surface area contributed by atoms with Crippen LogP contribution in [0, 0.1) is 0 Å². The van der Waals surface area contributed by atoms with E-state index in [2.05, 4.69) is 5.32 Å². The number of carbonyl (C=O) groups excluding carboxylic acids is 2. The summed E-state index contributed by atoms with van der Waals surface area (Å²) < 4.78 is 37.1. The second kappa shape index (κ2) is 9.84. The van der Waals surface area contributed by atoms with Crippen LogP contribution in [0.25, 0.3) is 6.08 Å². The Labute approximate surface area is 177 Å². The fourth-order valence-electron chi connectivity index (χ4n) is 3.16. The van der Waals surface area contributed by atoms with Crippen LogP contribution in [0.4, 0.5) is 13.2 Å². The van der Waals surface area contributed by atoms with Crippen LogP contribution in [0.3, 0.4) is 0 Å². The van der Waals surface area contributed by atoms with Gasteiger partial charge in [0.25, 0.3) is 5.91 Å². The number of nitrogens with zero attached hydrogens (tertiary/aromatic N) is 1. The van der Waals surface area contributed by atoms with E-state index in [4.69, 9.17) is 0 Å². The minimum atomic E-state index is -4.32. The number of piperidine rings is 1. The summed E-state index contributed by atoms with van der Waals surface area (Å²) in [5, 5.41) is 3.00. The maximum atomic E-state index is 12.4. The van der Waals surface area contributed by atoms with E-state index in [1.165, 1.54) is 18.2 Å². The topological polar surface area (TPSA) is 49.4 Å². The molecular weight excluding hydrogens is 413 g/mol. The smallest absolute Gasteiger partial charge is 0.349 e. The summed E-state index contributed by atoms with van der Waals surface area (Å²) in [4.78, 5) is 26.4. The molecule has 30 heavy (non-hydrogen) atoms. The SMILES string of the molecule is O=C(NC1CCN(C(=O)/C=C/c2ccc(SC(F)(F)F)cc2)CC1)c1ccccc1. The number of carbonyl (C=O) groups is 2. The first-order chi connectivity index (χ1) is 14.3. The number of rotatable bonds is 5. The van der Waals surface area contributed by atoms with Gasteiger partial charge in [-0.2, -0.15) is 13.2 Å². The third-order valence-electron chi connectivity index (χ3n) is 4.71. The molecule has 1 aliphatic rings. The molecule has 0 aliphatic carbocycles. The number of likely N-dealkylation sites (tertiary alicyclic amines) is 1. The minimum absolute atomic E-state index is 0.0180. The van der Waals surface area contributed by atoms with Gasteiger partial charge in [-0.05, 0) is 60.5 Å². The third kappa shape index (κ3) is 6.66. The molecule has 1 heterocycles. The van der Waals surface area contributed by atoms with Gasteiger partial charge in [-0.3, -0.25) is 9.59 Å². The first-order valence-electron chi connectivity index (χ1n) is 9.49. The molecule has 1 saturated heterocycles. The van der Waals surface area contributed by atoms with Crippen molar-refractivity contribution in [2.75, 3.05) is 13.1 Å². The predicted octanol–water partition coefficient (Wildman–Crippen LogP) is 4.73. The first kappa shape index (κ1) is 22.0. The highest BCUT2D eigenvalue weighted by molar-refractivity contribution is 8.00. The average molecular weight is 434 g/mol. The fourth-order valence-corrected chi connectivity index (χ4v) is 3.70. The fraction of sp³-hybridized carbons (Fsp3) is 0.273. The lowest BCUT2D eigenvalue weighted by Crippen LogP contribution is -2.46. The van der Waals surface area contributed by atoms with Gasteiger partial charge in [0, 0.05) is 35.7 Å². The van der Waals surface area contributed by atoms with Crippen LogP contribution in [-0.2, 0) is 4.79 Å². The van der Waals surface area contributed by atoms with Crippen molar-refractivity contribution >= 4 is 29.7 Å². The van der Waals surface area contributed by atoms with Gasteiger partial charge in [-0.25, -0.2) is 0 Å². The van der Waals surface area contributed by atoms with Crippen molar-refractivity contribution < 1.29 is 22.8 Å². The van der Waals surface area contributed by atoms with Crippen molar-refractivity contribution in [3.63, 3.8) is 0 Å². The van der Waals surface area contributed by atoms with Crippen LogP contribution < -0.4 is 5.32 Å². The molecule has 8 heteroatoms. The average Bonchev–Trinajstić information content (AvgIpc) is 2.73. The van der Waals surface area contributed by atoms with Crippen molar-refractivity contribution in [2.45, 2.75) is 29.3 Å². The lowest BCUT2D eigenvalue weighted by Gasteiger charge is -2.31. The number of alkyl halides is 3. The summed E-state index contributed by atoms with van der Waals surface area (Å²) in [6, 6.07) is 14.9. The van der Waals surface area contributed by atoms with Crippen LogP contribution in [0.5, 0.6) is 0 Å². The molecule has 158 valence electrons. The van der Waals surface area contributed by atoms with Gasteiger partial charge in [-0.1, -0.05) is 30.3 Å². The number of halogens is 3. The number of nitrogens with one attached hydrogen (secondary N) is 1. The maximum absolute atomic E-state index is 12.4. The molecule has 0 saturated carbocycles. The Kier molecular flexibility index (Phi) is 7.20. The Hall–Kier alpha value is -2.74. The second-order valence-corrected chi connectivity index (χ2v) is 8.03. The first-order valence-corrected chi connectivity index (χ1v) is 10.3.